The lowest BCUT2D eigenvalue weighted by Crippen LogP contribution is -2.46. The number of ether oxygens (including phenoxy) is 1. The van der Waals surface area contributed by atoms with Gasteiger partial charge in [-0.05, 0) is 12.1 Å². The van der Waals surface area contributed by atoms with E-state index in [0.29, 0.717) is 11.3 Å². The molecule has 0 spiro atoms. The maximum absolute atomic E-state index is 14.0. The zero-order valence-corrected chi connectivity index (χ0v) is 11.8. The topological polar surface area (TPSA) is 44.7 Å². The minimum absolute atomic E-state index is 0. The molecule has 2 N–H and O–H groups in total. The van der Waals surface area contributed by atoms with Gasteiger partial charge in [-0.1, -0.05) is 6.07 Å². The zero-order chi connectivity index (χ0) is 13.0. The predicted octanol–water partition coefficient (Wildman–Crippen LogP) is 1.19. The average molecular weight is 291 g/mol. The molecule has 1 aliphatic heterocycles. The molecule has 0 radical (unpaired) electrons. The quantitative estimate of drug-likeness (QED) is 0.874. The largest absolute Gasteiger partial charge is 0.496 e. The van der Waals surface area contributed by atoms with Crippen molar-refractivity contribution in [2.45, 2.75) is 6.04 Å². The fourth-order valence-electron chi connectivity index (χ4n) is 2.40. The summed E-state index contributed by atoms with van der Waals surface area (Å²) >= 11 is 0. The Morgan fingerprint density at radius 3 is 2.68 bits per heavy atom. The third-order valence-electron chi connectivity index (χ3n) is 3.33. The van der Waals surface area contributed by atoms with Gasteiger partial charge in [-0.25, -0.2) is 4.39 Å². The highest BCUT2D eigenvalue weighted by Gasteiger charge is 2.26. The van der Waals surface area contributed by atoms with Crippen molar-refractivity contribution in [3.63, 3.8) is 0 Å². The normalized spacial score (nSPS) is 17.6. The molecule has 1 atom stereocenters. The number of aliphatic hydroxyl groups excluding tert-OH is 1. The van der Waals surface area contributed by atoms with Crippen LogP contribution in [0.25, 0.3) is 0 Å². The van der Waals surface area contributed by atoms with Crippen LogP contribution in [-0.2, 0) is 0 Å². The Morgan fingerprint density at radius 2 is 2.11 bits per heavy atom. The SMILES string of the molecule is COc1cccc(F)c1[C@@H](CO)N1CCNCC1.Cl. The number of methoxy groups -OCH3 is 1. The van der Waals surface area contributed by atoms with Gasteiger partial charge in [0.25, 0.3) is 0 Å². The Kier molecular flexibility index (Phi) is 6.51. The van der Waals surface area contributed by atoms with Crippen LogP contribution in [0.3, 0.4) is 0 Å². The van der Waals surface area contributed by atoms with Crippen LogP contribution in [0.15, 0.2) is 18.2 Å². The van der Waals surface area contributed by atoms with E-state index in [0.717, 1.165) is 26.2 Å². The number of halogens is 2. The van der Waals surface area contributed by atoms with Crippen molar-refractivity contribution >= 4 is 12.4 Å². The first-order valence-electron chi connectivity index (χ1n) is 6.16. The minimum atomic E-state index is -0.344. The highest BCUT2D eigenvalue weighted by atomic mass is 35.5. The van der Waals surface area contributed by atoms with Crippen molar-refractivity contribution in [3.8, 4) is 5.75 Å². The molecular formula is C13H20ClFN2O2. The van der Waals surface area contributed by atoms with E-state index in [-0.39, 0.29) is 30.9 Å². The van der Waals surface area contributed by atoms with Crippen molar-refractivity contribution in [1.82, 2.24) is 10.2 Å². The second-order valence-corrected chi connectivity index (χ2v) is 4.34. The molecule has 1 aromatic carbocycles. The number of aliphatic hydroxyl groups is 1. The van der Waals surface area contributed by atoms with Gasteiger partial charge in [0, 0.05) is 31.7 Å². The number of rotatable bonds is 4. The molecule has 4 nitrogen and oxygen atoms in total. The molecule has 0 bridgehead atoms. The van der Waals surface area contributed by atoms with Gasteiger partial charge in [-0.3, -0.25) is 4.90 Å². The Hall–Kier alpha value is -0.880. The second-order valence-electron chi connectivity index (χ2n) is 4.34. The van der Waals surface area contributed by atoms with Crippen molar-refractivity contribution in [1.29, 1.82) is 0 Å². The van der Waals surface area contributed by atoms with Crippen LogP contribution in [0.5, 0.6) is 5.75 Å². The maximum Gasteiger partial charge on any atom is 0.131 e. The zero-order valence-electron chi connectivity index (χ0n) is 10.9. The van der Waals surface area contributed by atoms with Crippen LogP contribution in [0.4, 0.5) is 4.39 Å². The lowest BCUT2D eigenvalue weighted by molar-refractivity contribution is 0.106. The van der Waals surface area contributed by atoms with E-state index in [9.17, 15) is 9.50 Å². The molecule has 0 amide bonds. The van der Waals surface area contributed by atoms with E-state index in [4.69, 9.17) is 4.74 Å². The Balaban J connectivity index is 0.00000180. The third-order valence-corrected chi connectivity index (χ3v) is 3.33. The molecule has 0 aliphatic carbocycles. The lowest BCUT2D eigenvalue weighted by Gasteiger charge is -2.34. The summed E-state index contributed by atoms with van der Waals surface area (Å²) in [5, 5.41) is 12.8. The highest BCUT2D eigenvalue weighted by Crippen LogP contribution is 2.31. The van der Waals surface area contributed by atoms with Gasteiger partial charge < -0.3 is 15.2 Å². The van der Waals surface area contributed by atoms with Crippen LogP contribution in [-0.4, -0.2) is 49.9 Å². The lowest BCUT2D eigenvalue weighted by atomic mass is 10.0. The van der Waals surface area contributed by atoms with Gasteiger partial charge in [-0.15, -0.1) is 12.4 Å². The summed E-state index contributed by atoms with van der Waals surface area (Å²) in [6.07, 6.45) is 0. The molecule has 1 aromatic rings. The molecule has 19 heavy (non-hydrogen) atoms. The van der Waals surface area contributed by atoms with Crippen LogP contribution in [0.1, 0.15) is 11.6 Å². The molecular weight excluding hydrogens is 271 g/mol. The Labute approximate surface area is 119 Å². The van der Waals surface area contributed by atoms with E-state index in [2.05, 4.69) is 10.2 Å². The third kappa shape index (κ3) is 3.57. The van der Waals surface area contributed by atoms with E-state index >= 15 is 0 Å². The van der Waals surface area contributed by atoms with Gasteiger partial charge in [0.15, 0.2) is 0 Å². The van der Waals surface area contributed by atoms with Gasteiger partial charge in [0.05, 0.1) is 19.8 Å². The van der Waals surface area contributed by atoms with Crippen molar-refractivity contribution < 1.29 is 14.2 Å². The van der Waals surface area contributed by atoms with E-state index in [1.807, 2.05) is 0 Å². The molecule has 1 aliphatic rings. The molecule has 0 aromatic heterocycles. The number of benzene rings is 1. The molecule has 2 rings (SSSR count). The van der Waals surface area contributed by atoms with E-state index < -0.39 is 0 Å². The molecule has 0 unspecified atom stereocenters. The van der Waals surface area contributed by atoms with Crippen molar-refractivity contribution in [2.75, 3.05) is 39.9 Å². The highest BCUT2D eigenvalue weighted by molar-refractivity contribution is 5.85. The number of hydrogen-bond donors (Lipinski definition) is 2. The van der Waals surface area contributed by atoms with Crippen LogP contribution in [0, 0.1) is 5.82 Å². The monoisotopic (exact) mass is 290 g/mol. The smallest absolute Gasteiger partial charge is 0.131 e. The number of nitrogens with zero attached hydrogens (tertiary/aromatic N) is 1. The predicted molar refractivity (Wildman–Crippen MR) is 74.5 cm³/mol. The Morgan fingerprint density at radius 1 is 1.42 bits per heavy atom. The fraction of sp³-hybridized carbons (Fsp3) is 0.538. The molecule has 1 saturated heterocycles. The van der Waals surface area contributed by atoms with E-state index in [1.165, 1.54) is 13.2 Å². The van der Waals surface area contributed by atoms with Gasteiger partial charge >= 0.3 is 0 Å². The second kappa shape index (κ2) is 7.65. The first kappa shape index (κ1) is 16.2. The van der Waals surface area contributed by atoms with Crippen LogP contribution in [0.2, 0.25) is 0 Å². The molecule has 108 valence electrons. The number of hydrogen-bond acceptors (Lipinski definition) is 4. The summed E-state index contributed by atoms with van der Waals surface area (Å²) < 4.78 is 19.2. The summed E-state index contributed by atoms with van der Waals surface area (Å²) in [5.74, 6) is 0.166. The van der Waals surface area contributed by atoms with E-state index in [1.54, 1.807) is 12.1 Å². The summed E-state index contributed by atoms with van der Waals surface area (Å²) in [5.41, 5.74) is 0.449. The fourth-order valence-corrected chi connectivity index (χ4v) is 2.40. The maximum atomic E-state index is 14.0. The first-order valence-corrected chi connectivity index (χ1v) is 6.16. The molecule has 1 fully saturated rings. The van der Waals surface area contributed by atoms with Crippen LogP contribution < -0.4 is 10.1 Å². The summed E-state index contributed by atoms with van der Waals surface area (Å²) in [7, 11) is 1.52. The molecule has 0 saturated carbocycles. The molecule has 6 heteroatoms. The van der Waals surface area contributed by atoms with Gasteiger partial charge in [0.1, 0.15) is 11.6 Å². The summed E-state index contributed by atoms with van der Waals surface area (Å²) in [6, 6.07) is 4.40. The standard InChI is InChI=1S/C13H19FN2O2.ClH/c1-18-12-4-2-3-10(14)13(12)11(9-17)16-7-5-15-6-8-16;/h2-4,11,15,17H,5-9H2,1H3;1H/t11-;/m1./s1. The average Bonchev–Trinajstić information content (AvgIpc) is 2.42. The number of piperazine rings is 1. The molecule has 1 heterocycles. The Bertz CT molecular complexity index is 400. The van der Waals surface area contributed by atoms with Crippen molar-refractivity contribution in [2.24, 2.45) is 0 Å². The summed E-state index contributed by atoms with van der Waals surface area (Å²) in [4.78, 5) is 2.08. The van der Waals surface area contributed by atoms with Crippen LogP contribution >= 0.6 is 12.4 Å². The first-order chi connectivity index (χ1) is 8.77. The van der Waals surface area contributed by atoms with Gasteiger partial charge in [0.2, 0.25) is 0 Å². The summed E-state index contributed by atoms with van der Waals surface area (Å²) in [6.45, 7) is 3.18. The van der Waals surface area contributed by atoms with Gasteiger partial charge in [-0.2, -0.15) is 0 Å². The number of nitrogens with one attached hydrogen (secondary N) is 1. The minimum Gasteiger partial charge on any atom is -0.496 e. The van der Waals surface area contributed by atoms with Crippen molar-refractivity contribution in [3.05, 3.63) is 29.6 Å².